The van der Waals surface area contributed by atoms with E-state index in [9.17, 15) is 4.79 Å². The number of hydrogen-bond donors (Lipinski definition) is 0. The standard InChI is InChI=1S/C23H20O2S/c1-18(23(24)25-21-13-6-3-7-14-21)16-20-12-8-9-15-22(20)26-17-19-10-4-2-5-11-19/h2-16H,17H2,1H3. The minimum absolute atomic E-state index is 0.334. The highest BCUT2D eigenvalue weighted by Crippen LogP contribution is 2.28. The van der Waals surface area contributed by atoms with Gasteiger partial charge in [-0.3, -0.25) is 0 Å². The van der Waals surface area contributed by atoms with Crippen LogP contribution >= 0.6 is 11.8 Å². The van der Waals surface area contributed by atoms with Crippen LogP contribution < -0.4 is 4.74 Å². The Labute approximate surface area is 158 Å². The molecule has 0 fully saturated rings. The number of benzene rings is 3. The molecule has 0 bridgehead atoms. The van der Waals surface area contributed by atoms with Crippen LogP contribution in [0.5, 0.6) is 5.75 Å². The van der Waals surface area contributed by atoms with Gasteiger partial charge in [0.1, 0.15) is 5.75 Å². The number of ether oxygens (including phenoxy) is 1. The molecule has 0 spiro atoms. The van der Waals surface area contributed by atoms with Gasteiger partial charge in [0.15, 0.2) is 0 Å². The summed E-state index contributed by atoms with van der Waals surface area (Å²) < 4.78 is 5.40. The van der Waals surface area contributed by atoms with E-state index in [1.165, 1.54) is 5.56 Å². The summed E-state index contributed by atoms with van der Waals surface area (Å²) in [7, 11) is 0. The number of hydrogen-bond acceptors (Lipinski definition) is 3. The number of carbonyl (C=O) groups excluding carboxylic acids is 1. The van der Waals surface area contributed by atoms with Crippen molar-refractivity contribution in [3.8, 4) is 5.75 Å². The molecule has 0 atom stereocenters. The highest BCUT2D eigenvalue weighted by molar-refractivity contribution is 7.98. The molecule has 3 aromatic carbocycles. The molecule has 0 aromatic heterocycles. The fraction of sp³-hybridized carbons (Fsp3) is 0.0870. The third-order valence-corrected chi connectivity index (χ3v) is 4.96. The van der Waals surface area contributed by atoms with Gasteiger partial charge in [0.25, 0.3) is 0 Å². The Hall–Kier alpha value is -2.78. The summed E-state index contributed by atoms with van der Waals surface area (Å²) in [6.07, 6.45) is 1.89. The molecule has 0 saturated carbocycles. The van der Waals surface area contributed by atoms with E-state index in [2.05, 4.69) is 18.2 Å². The van der Waals surface area contributed by atoms with Crippen LogP contribution in [0.1, 0.15) is 18.1 Å². The predicted octanol–water partition coefficient (Wildman–Crippen LogP) is 5.99. The Morgan fingerprint density at radius 3 is 2.23 bits per heavy atom. The van der Waals surface area contributed by atoms with Gasteiger partial charge in [-0.2, -0.15) is 0 Å². The second-order valence-electron chi connectivity index (χ2n) is 5.84. The number of esters is 1. The van der Waals surface area contributed by atoms with Crippen molar-refractivity contribution in [2.45, 2.75) is 17.6 Å². The first-order valence-corrected chi connectivity index (χ1v) is 9.42. The van der Waals surface area contributed by atoms with Gasteiger partial charge < -0.3 is 4.74 Å². The highest BCUT2D eigenvalue weighted by atomic mass is 32.2. The summed E-state index contributed by atoms with van der Waals surface area (Å²) in [6.45, 7) is 1.78. The summed E-state index contributed by atoms with van der Waals surface area (Å²) in [6, 6.07) is 27.6. The van der Waals surface area contributed by atoms with Crippen LogP contribution in [0.25, 0.3) is 6.08 Å². The second kappa shape index (κ2) is 9.07. The van der Waals surface area contributed by atoms with Crippen molar-refractivity contribution in [2.75, 3.05) is 0 Å². The largest absolute Gasteiger partial charge is 0.423 e. The molecule has 0 aliphatic heterocycles. The first-order valence-electron chi connectivity index (χ1n) is 8.43. The number of thioether (sulfide) groups is 1. The highest BCUT2D eigenvalue weighted by Gasteiger charge is 2.09. The molecule has 3 heteroatoms. The minimum Gasteiger partial charge on any atom is -0.423 e. The zero-order chi connectivity index (χ0) is 18.2. The van der Waals surface area contributed by atoms with Gasteiger partial charge in [-0.15, -0.1) is 11.8 Å². The molecule has 26 heavy (non-hydrogen) atoms. The average molecular weight is 360 g/mol. The van der Waals surface area contributed by atoms with Crippen molar-refractivity contribution in [1.29, 1.82) is 0 Å². The molecule has 0 aliphatic rings. The lowest BCUT2D eigenvalue weighted by Crippen LogP contribution is -2.09. The van der Waals surface area contributed by atoms with Gasteiger partial charge in [0.05, 0.1) is 0 Å². The molecule has 3 rings (SSSR count). The summed E-state index contributed by atoms with van der Waals surface area (Å²) in [5.41, 5.74) is 2.87. The first kappa shape index (κ1) is 18.0. The van der Waals surface area contributed by atoms with Crippen LogP contribution in [0.4, 0.5) is 0 Å². The molecule has 3 aromatic rings. The van der Waals surface area contributed by atoms with E-state index in [1.807, 2.05) is 60.7 Å². The lowest BCUT2D eigenvalue weighted by atomic mass is 10.1. The van der Waals surface area contributed by atoms with E-state index in [-0.39, 0.29) is 5.97 Å². The number of para-hydroxylation sites is 1. The van der Waals surface area contributed by atoms with Gasteiger partial charge in [-0.05, 0) is 42.3 Å². The Kier molecular flexibility index (Phi) is 6.29. The van der Waals surface area contributed by atoms with E-state index in [4.69, 9.17) is 4.74 Å². The molecule has 2 nitrogen and oxygen atoms in total. The Morgan fingerprint density at radius 2 is 1.50 bits per heavy atom. The van der Waals surface area contributed by atoms with Crippen LogP contribution in [-0.2, 0) is 10.5 Å². The smallest absolute Gasteiger partial charge is 0.339 e. The first-order chi connectivity index (χ1) is 12.7. The molecular formula is C23H20O2S. The van der Waals surface area contributed by atoms with E-state index < -0.39 is 0 Å². The normalized spacial score (nSPS) is 11.2. The van der Waals surface area contributed by atoms with Crippen LogP contribution in [0, 0.1) is 0 Å². The third kappa shape index (κ3) is 5.11. The van der Waals surface area contributed by atoms with Crippen molar-refractivity contribution < 1.29 is 9.53 Å². The van der Waals surface area contributed by atoms with Crippen molar-refractivity contribution in [2.24, 2.45) is 0 Å². The molecule has 0 unspecified atom stereocenters. The van der Waals surface area contributed by atoms with Gasteiger partial charge >= 0.3 is 5.97 Å². The maximum absolute atomic E-state index is 12.3. The monoisotopic (exact) mass is 360 g/mol. The molecule has 0 saturated heterocycles. The topological polar surface area (TPSA) is 26.3 Å². The molecule has 130 valence electrons. The van der Waals surface area contributed by atoms with Crippen molar-refractivity contribution >= 4 is 23.8 Å². The van der Waals surface area contributed by atoms with Crippen molar-refractivity contribution in [3.05, 3.63) is 102 Å². The van der Waals surface area contributed by atoms with E-state index in [0.717, 1.165) is 16.2 Å². The number of rotatable bonds is 6. The van der Waals surface area contributed by atoms with Crippen LogP contribution in [-0.4, -0.2) is 5.97 Å². The van der Waals surface area contributed by atoms with Gasteiger partial charge in [-0.1, -0.05) is 66.7 Å². The molecule has 0 aliphatic carbocycles. The summed E-state index contributed by atoms with van der Waals surface area (Å²) in [5.74, 6) is 1.11. The van der Waals surface area contributed by atoms with Crippen molar-refractivity contribution in [3.63, 3.8) is 0 Å². The SMILES string of the molecule is CC(=Cc1ccccc1SCc1ccccc1)C(=O)Oc1ccccc1. The lowest BCUT2D eigenvalue weighted by molar-refractivity contribution is -0.130. The fourth-order valence-electron chi connectivity index (χ4n) is 2.43. The predicted molar refractivity (Wildman–Crippen MR) is 108 cm³/mol. The second-order valence-corrected chi connectivity index (χ2v) is 6.86. The molecule has 0 radical (unpaired) electrons. The van der Waals surface area contributed by atoms with Gasteiger partial charge in [-0.25, -0.2) is 4.79 Å². The van der Waals surface area contributed by atoms with Crippen molar-refractivity contribution in [1.82, 2.24) is 0 Å². The maximum Gasteiger partial charge on any atom is 0.339 e. The van der Waals surface area contributed by atoms with Crippen LogP contribution in [0.15, 0.2) is 95.4 Å². The van der Waals surface area contributed by atoms with E-state index >= 15 is 0 Å². The maximum atomic E-state index is 12.3. The Bertz CT molecular complexity index is 886. The third-order valence-electron chi connectivity index (χ3n) is 3.80. The van der Waals surface area contributed by atoms with Crippen LogP contribution in [0.3, 0.4) is 0 Å². The molecule has 0 N–H and O–H groups in total. The number of carbonyl (C=O) groups is 1. The quantitative estimate of drug-likeness (QED) is 0.234. The zero-order valence-corrected chi connectivity index (χ0v) is 15.4. The molecule has 0 heterocycles. The van der Waals surface area contributed by atoms with E-state index in [0.29, 0.717) is 11.3 Å². The summed E-state index contributed by atoms with van der Waals surface area (Å²) in [5, 5.41) is 0. The lowest BCUT2D eigenvalue weighted by Gasteiger charge is -2.08. The van der Waals surface area contributed by atoms with Crippen LogP contribution in [0.2, 0.25) is 0 Å². The summed E-state index contributed by atoms with van der Waals surface area (Å²) in [4.78, 5) is 13.5. The Balaban J connectivity index is 1.72. The summed E-state index contributed by atoms with van der Waals surface area (Å²) >= 11 is 1.76. The molecule has 0 amide bonds. The van der Waals surface area contributed by atoms with Gasteiger partial charge in [0.2, 0.25) is 0 Å². The Morgan fingerprint density at radius 1 is 0.885 bits per heavy atom. The molecular weight excluding hydrogens is 340 g/mol. The zero-order valence-electron chi connectivity index (χ0n) is 14.6. The fourth-order valence-corrected chi connectivity index (χ4v) is 3.42. The minimum atomic E-state index is -0.334. The average Bonchev–Trinajstić information content (AvgIpc) is 2.69. The van der Waals surface area contributed by atoms with Gasteiger partial charge in [0, 0.05) is 16.2 Å². The van der Waals surface area contributed by atoms with E-state index in [1.54, 1.807) is 30.8 Å².